The van der Waals surface area contributed by atoms with Crippen LogP contribution in [-0.2, 0) is 9.53 Å². The first-order valence-corrected chi connectivity index (χ1v) is 4.83. The minimum absolute atomic E-state index is 0.141. The van der Waals surface area contributed by atoms with E-state index < -0.39 is 0 Å². The fourth-order valence-corrected chi connectivity index (χ4v) is 1.26. The first-order valence-electron chi connectivity index (χ1n) is 4.83. The van der Waals surface area contributed by atoms with Crippen LogP contribution in [0.1, 0.15) is 46.5 Å². The normalized spacial score (nSPS) is 15.2. The zero-order chi connectivity index (χ0) is 9.40. The van der Waals surface area contributed by atoms with Gasteiger partial charge in [0.25, 0.3) is 6.47 Å². The molecule has 2 unspecified atom stereocenters. The van der Waals surface area contributed by atoms with Crippen LogP contribution in [0, 0.1) is 5.92 Å². The molecule has 2 nitrogen and oxygen atoms in total. The fraction of sp³-hybridized carbons (Fsp3) is 0.900. The summed E-state index contributed by atoms with van der Waals surface area (Å²) in [5.74, 6) is 0.654. The summed E-state index contributed by atoms with van der Waals surface area (Å²) in [6.07, 6.45) is 4.37. The molecule has 0 aromatic carbocycles. The maximum Gasteiger partial charge on any atom is 0.293 e. The average Bonchev–Trinajstić information content (AvgIpc) is 2.05. The number of ether oxygens (including phenoxy) is 1. The summed E-state index contributed by atoms with van der Waals surface area (Å²) >= 11 is 0. The molecular weight excluding hydrogens is 152 g/mol. The Morgan fingerprint density at radius 3 is 2.50 bits per heavy atom. The second-order valence-corrected chi connectivity index (χ2v) is 3.39. The van der Waals surface area contributed by atoms with Crippen LogP contribution < -0.4 is 0 Å². The van der Waals surface area contributed by atoms with Gasteiger partial charge in [0.15, 0.2) is 0 Å². The van der Waals surface area contributed by atoms with Gasteiger partial charge >= 0.3 is 0 Å². The Hall–Kier alpha value is -0.530. The van der Waals surface area contributed by atoms with Gasteiger partial charge in [0, 0.05) is 0 Å². The maximum atomic E-state index is 10.1. The average molecular weight is 172 g/mol. The Balaban J connectivity index is 3.68. The number of rotatable bonds is 7. The molecule has 12 heavy (non-hydrogen) atoms. The van der Waals surface area contributed by atoms with Crippen LogP contribution in [0.15, 0.2) is 0 Å². The van der Waals surface area contributed by atoms with Gasteiger partial charge in [-0.2, -0.15) is 0 Å². The van der Waals surface area contributed by atoms with Gasteiger partial charge in [0.2, 0.25) is 0 Å². The molecule has 0 rings (SSSR count). The van der Waals surface area contributed by atoms with Crippen molar-refractivity contribution in [2.24, 2.45) is 5.92 Å². The summed E-state index contributed by atoms with van der Waals surface area (Å²) in [4.78, 5) is 10.1. The zero-order valence-electron chi connectivity index (χ0n) is 8.38. The van der Waals surface area contributed by atoms with E-state index in [1.807, 2.05) is 0 Å². The molecule has 2 atom stereocenters. The monoisotopic (exact) mass is 172 g/mol. The molecule has 72 valence electrons. The fourth-order valence-electron chi connectivity index (χ4n) is 1.26. The summed E-state index contributed by atoms with van der Waals surface area (Å²) in [6, 6.07) is 0. The lowest BCUT2D eigenvalue weighted by Crippen LogP contribution is -2.15. The highest BCUT2D eigenvalue weighted by atomic mass is 16.5. The number of carbonyl (C=O) groups is 1. The van der Waals surface area contributed by atoms with Crippen molar-refractivity contribution in [3.8, 4) is 0 Å². The molecule has 0 heterocycles. The van der Waals surface area contributed by atoms with E-state index in [9.17, 15) is 4.79 Å². The van der Waals surface area contributed by atoms with Gasteiger partial charge < -0.3 is 4.74 Å². The SMILES string of the molecule is CCCC(CC(C)CC)OC=O. The predicted molar refractivity (Wildman–Crippen MR) is 49.9 cm³/mol. The lowest BCUT2D eigenvalue weighted by atomic mass is 9.98. The van der Waals surface area contributed by atoms with E-state index in [0.29, 0.717) is 12.4 Å². The smallest absolute Gasteiger partial charge is 0.293 e. The molecule has 0 aliphatic heterocycles. The number of hydrogen-bond acceptors (Lipinski definition) is 2. The Kier molecular flexibility index (Phi) is 6.82. The van der Waals surface area contributed by atoms with Crippen molar-refractivity contribution in [2.75, 3.05) is 0 Å². The van der Waals surface area contributed by atoms with Crippen molar-refractivity contribution in [1.82, 2.24) is 0 Å². The van der Waals surface area contributed by atoms with Crippen LogP contribution in [0.4, 0.5) is 0 Å². The van der Waals surface area contributed by atoms with Gasteiger partial charge in [-0.1, -0.05) is 33.6 Å². The summed E-state index contributed by atoms with van der Waals surface area (Å²) in [5, 5.41) is 0. The van der Waals surface area contributed by atoms with Crippen LogP contribution in [0.25, 0.3) is 0 Å². The Labute approximate surface area is 75.3 Å². The summed E-state index contributed by atoms with van der Waals surface area (Å²) in [7, 11) is 0. The molecule has 0 aromatic heterocycles. The molecular formula is C10H20O2. The molecule has 0 spiro atoms. The molecule has 0 bridgehead atoms. The van der Waals surface area contributed by atoms with Gasteiger partial charge in [0.05, 0.1) is 0 Å². The van der Waals surface area contributed by atoms with Gasteiger partial charge in [-0.05, 0) is 18.8 Å². The quantitative estimate of drug-likeness (QED) is 0.552. The molecule has 0 aromatic rings. The van der Waals surface area contributed by atoms with Crippen molar-refractivity contribution in [3.63, 3.8) is 0 Å². The van der Waals surface area contributed by atoms with E-state index in [1.54, 1.807) is 0 Å². The van der Waals surface area contributed by atoms with Crippen LogP contribution in [0.2, 0.25) is 0 Å². The highest BCUT2D eigenvalue weighted by molar-refractivity contribution is 5.37. The van der Waals surface area contributed by atoms with Crippen molar-refractivity contribution in [3.05, 3.63) is 0 Å². The molecule has 0 saturated heterocycles. The third-order valence-corrected chi connectivity index (χ3v) is 2.22. The van der Waals surface area contributed by atoms with E-state index in [1.165, 1.54) is 0 Å². The zero-order valence-corrected chi connectivity index (χ0v) is 8.38. The first-order chi connectivity index (χ1) is 5.74. The van der Waals surface area contributed by atoms with E-state index in [4.69, 9.17) is 4.74 Å². The predicted octanol–water partition coefficient (Wildman–Crippen LogP) is 2.76. The summed E-state index contributed by atoms with van der Waals surface area (Å²) in [6.45, 7) is 7.03. The maximum absolute atomic E-state index is 10.1. The van der Waals surface area contributed by atoms with Crippen LogP contribution >= 0.6 is 0 Å². The lowest BCUT2D eigenvalue weighted by Gasteiger charge is -2.17. The number of hydrogen-bond donors (Lipinski definition) is 0. The molecule has 0 aliphatic carbocycles. The Morgan fingerprint density at radius 2 is 2.08 bits per heavy atom. The van der Waals surface area contributed by atoms with Gasteiger partial charge in [-0.25, -0.2) is 0 Å². The van der Waals surface area contributed by atoms with Crippen LogP contribution in [0.5, 0.6) is 0 Å². The van der Waals surface area contributed by atoms with Crippen molar-refractivity contribution >= 4 is 6.47 Å². The summed E-state index contributed by atoms with van der Waals surface area (Å²) < 4.78 is 4.97. The lowest BCUT2D eigenvalue weighted by molar-refractivity contribution is -0.134. The molecule has 0 amide bonds. The van der Waals surface area contributed by atoms with E-state index in [0.717, 1.165) is 25.7 Å². The van der Waals surface area contributed by atoms with E-state index in [2.05, 4.69) is 20.8 Å². The second kappa shape index (κ2) is 7.14. The van der Waals surface area contributed by atoms with Gasteiger partial charge in [0.1, 0.15) is 6.10 Å². The third kappa shape index (κ3) is 5.16. The summed E-state index contributed by atoms with van der Waals surface area (Å²) in [5.41, 5.74) is 0. The topological polar surface area (TPSA) is 26.3 Å². The molecule has 0 radical (unpaired) electrons. The highest BCUT2D eigenvalue weighted by Crippen LogP contribution is 2.15. The van der Waals surface area contributed by atoms with Gasteiger partial charge in [-0.15, -0.1) is 0 Å². The number of carbonyl (C=O) groups excluding carboxylic acids is 1. The first kappa shape index (κ1) is 11.5. The van der Waals surface area contributed by atoms with Gasteiger partial charge in [-0.3, -0.25) is 4.79 Å². The molecule has 0 saturated carbocycles. The molecule has 2 heteroatoms. The van der Waals surface area contributed by atoms with Crippen LogP contribution in [-0.4, -0.2) is 12.6 Å². The standard InChI is InChI=1S/C10H20O2/c1-4-6-10(12-8-11)7-9(3)5-2/h8-10H,4-7H2,1-3H3. The third-order valence-electron chi connectivity index (χ3n) is 2.22. The largest absolute Gasteiger partial charge is 0.465 e. The minimum atomic E-state index is 0.141. The van der Waals surface area contributed by atoms with E-state index in [-0.39, 0.29) is 6.10 Å². The molecule has 0 aliphatic rings. The van der Waals surface area contributed by atoms with Crippen molar-refractivity contribution in [2.45, 2.75) is 52.6 Å². The Morgan fingerprint density at radius 1 is 1.42 bits per heavy atom. The van der Waals surface area contributed by atoms with E-state index >= 15 is 0 Å². The van der Waals surface area contributed by atoms with Crippen molar-refractivity contribution < 1.29 is 9.53 Å². The van der Waals surface area contributed by atoms with Crippen LogP contribution in [0.3, 0.4) is 0 Å². The highest BCUT2D eigenvalue weighted by Gasteiger charge is 2.11. The Bertz CT molecular complexity index is 112. The molecule has 0 fully saturated rings. The molecule has 0 N–H and O–H groups in total. The second-order valence-electron chi connectivity index (χ2n) is 3.39. The minimum Gasteiger partial charge on any atom is -0.465 e. The van der Waals surface area contributed by atoms with Crippen molar-refractivity contribution in [1.29, 1.82) is 0 Å².